The first-order valence-corrected chi connectivity index (χ1v) is 51.4. The molecule has 3 aromatic carbocycles. The number of ether oxygens (including phenoxy) is 9. The number of fused-ring (bicyclic) bond motifs is 2. The lowest BCUT2D eigenvalue weighted by Crippen LogP contribution is -2.62. The normalized spacial score (nSPS) is 22.6. The molecule has 11 amide bonds. The largest absolute Gasteiger partial charge is 0.394 e. The van der Waals surface area contributed by atoms with E-state index in [4.69, 9.17) is 48.2 Å². The van der Waals surface area contributed by atoms with E-state index in [2.05, 4.69) is 59.5 Å². The summed E-state index contributed by atoms with van der Waals surface area (Å²) in [6.07, 6.45) is -6.02. The van der Waals surface area contributed by atoms with Gasteiger partial charge in [0.15, 0.2) is 0 Å². The molecule has 22 atom stereocenters. The van der Waals surface area contributed by atoms with E-state index in [0.717, 1.165) is 23.1 Å². The number of aliphatic hydroxyl groups excluding tert-OH is 6. The molecule has 5 aliphatic rings. The zero-order chi connectivity index (χ0) is 106. The number of anilines is 1. The van der Waals surface area contributed by atoms with Gasteiger partial charge in [-0.3, -0.25) is 52.7 Å². The molecule has 3 saturated heterocycles. The Labute approximate surface area is 853 Å². The van der Waals surface area contributed by atoms with Crippen molar-refractivity contribution < 1.29 is 126 Å². The third kappa shape index (κ3) is 35.9. The summed E-state index contributed by atoms with van der Waals surface area (Å²) in [6, 6.07) is 16.2. The second-order valence-corrected chi connectivity index (χ2v) is 39.4. The minimum Gasteiger partial charge on any atom is -0.394 e. The van der Waals surface area contributed by atoms with E-state index in [1.165, 1.54) is 38.0 Å². The molecule has 145 heavy (non-hydrogen) atoms. The molecule has 0 aromatic heterocycles. The van der Waals surface area contributed by atoms with Crippen LogP contribution in [0.4, 0.5) is 5.69 Å². The fourth-order valence-corrected chi connectivity index (χ4v) is 19.5. The lowest BCUT2D eigenvalue weighted by molar-refractivity contribution is -0.240. The van der Waals surface area contributed by atoms with E-state index in [1.54, 1.807) is 96.5 Å². The number of aliphatic hydroxyl groups is 6. The standard InChI is InChI=1S/C105H162N14O26/c1-16-66(8)96(82(137-14)58-90(128)118-47-29-38-77(118)99(138-15)67(9)100(131)109-68(10)97(129)72-32-19-17-20-33-72)117(13)105(136)93(64(4)5)114-103(134)95(65(6)7)116(12)104(135)69(11)110-102(133)92(63(2)3)113-101(132)75(36-27-28-45-107-87(126)62-143-80-39-22-18-21-35-74(94(80)115-106)112-88-57-78(122)91(83(60-120)145-88)81-56-79(123)98(130)84(61-121)144-81)111-86(125)44-48-139-50-52-141-54-55-142-53-51-140-49-46-108-85(124)42-43-89(127)119-59-73-34-24-23-30-70(73)40-41-71-31-25-26-37-76(71)119/h17,19-20,23-26,30-34,37,63-69,75,77-84,88,91-93,95-99,106,112,120-123,129-130H,16,18,21-22,27-29,35-36,38-39,42-62H2,1-15H3,(H,107,126)(H,108,124)(H,109,131)(H,110,133)(H,111,125)(H,113,132)(H,114,134)/b94-74-,115-106?/t66-,67+,68+,69-,75+,77-,78+,79+,80?,81-,82+,83+,84+,88-,91?,92-,93-,95-,96-,97+,98-,99+/m0/s1. The van der Waals surface area contributed by atoms with Crippen molar-refractivity contribution in [1.29, 1.82) is 5.53 Å². The lowest BCUT2D eigenvalue weighted by Gasteiger charge is -2.47. The van der Waals surface area contributed by atoms with Crippen LogP contribution >= 0.6 is 0 Å². The van der Waals surface area contributed by atoms with Crippen LogP contribution in [0.2, 0.25) is 0 Å². The summed E-state index contributed by atoms with van der Waals surface area (Å²) >= 11 is 0. The maximum Gasteiger partial charge on any atom is 0.246 e. The molecule has 0 radical (unpaired) electrons. The van der Waals surface area contributed by atoms with E-state index in [1.807, 2.05) is 68.4 Å². The zero-order valence-electron chi connectivity index (χ0n) is 87.2. The van der Waals surface area contributed by atoms with Gasteiger partial charge in [-0.15, -0.1) is 0 Å². The summed E-state index contributed by atoms with van der Waals surface area (Å²) in [7, 11) is 6.01. The first-order valence-electron chi connectivity index (χ1n) is 51.4. The van der Waals surface area contributed by atoms with Crippen LogP contribution in [0.15, 0.2) is 95.4 Å². The van der Waals surface area contributed by atoms with Gasteiger partial charge in [0.05, 0.1) is 151 Å². The van der Waals surface area contributed by atoms with Crippen molar-refractivity contribution in [3.05, 3.63) is 113 Å². The molecule has 808 valence electrons. The van der Waals surface area contributed by atoms with Gasteiger partial charge in [-0.25, -0.2) is 5.53 Å². The number of nitrogens with one attached hydrogen (secondary N) is 9. The van der Waals surface area contributed by atoms with Crippen LogP contribution in [0.1, 0.15) is 214 Å². The van der Waals surface area contributed by atoms with Gasteiger partial charge in [-0.1, -0.05) is 154 Å². The molecule has 0 bridgehead atoms. The summed E-state index contributed by atoms with van der Waals surface area (Å²) in [6.45, 7) is 20.0. The maximum absolute atomic E-state index is 15.1. The Morgan fingerprint density at radius 3 is 1.88 bits per heavy atom. The van der Waals surface area contributed by atoms with E-state index in [-0.39, 0.29) is 153 Å². The van der Waals surface area contributed by atoms with Gasteiger partial charge in [0.25, 0.3) is 0 Å². The number of unbranched alkanes of at least 4 members (excludes halogenated alkanes) is 1. The molecule has 1 aliphatic carbocycles. The van der Waals surface area contributed by atoms with E-state index in [9.17, 15) is 78.6 Å². The predicted octanol–water partition coefficient (Wildman–Crippen LogP) is 4.62. The summed E-state index contributed by atoms with van der Waals surface area (Å²) in [5.74, 6) is -2.53. The number of carbonyl (C=O) groups is 11. The molecule has 3 fully saturated rings. The molecule has 4 aliphatic heterocycles. The lowest BCUT2D eigenvalue weighted by atomic mass is 9.81. The molecular weight excluding hydrogens is 1870 g/mol. The van der Waals surface area contributed by atoms with Gasteiger partial charge in [0, 0.05) is 103 Å². The summed E-state index contributed by atoms with van der Waals surface area (Å²) in [5, 5.41) is 90.8. The number of hydrogen-bond donors (Lipinski definition) is 15. The van der Waals surface area contributed by atoms with Crippen molar-refractivity contribution >= 4 is 70.7 Å². The first kappa shape index (κ1) is 120. The molecule has 40 heteroatoms. The molecule has 2 unspecified atom stereocenters. The Bertz CT molecular complexity index is 4720. The molecule has 0 saturated carbocycles. The Morgan fingerprint density at radius 1 is 0.593 bits per heavy atom. The summed E-state index contributed by atoms with van der Waals surface area (Å²) in [5.41, 5.74) is 12.8. The molecule has 15 N–H and O–H groups in total. The highest BCUT2D eigenvalue weighted by atomic mass is 16.6. The van der Waals surface area contributed by atoms with Gasteiger partial charge in [-0.05, 0) is 118 Å². The number of benzene rings is 3. The van der Waals surface area contributed by atoms with Gasteiger partial charge in [0.1, 0.15) is 67.1 Å². The third-order valence-corrected chi connectivity index (χ3v) is 27.8. The minimum atomic E-state index is -1.35. The highest BCUT2D eigenvalue weighted by Crippen LogP contribution is 2.38. The molecule has 4 heterocycles. The van der Waals surface area contributed by atoms with Gasteiger partial charge < -0.3 is 135 Å². The average molecular weight is 2040 g/mol. The van der Waals surface area contributed by atoms with Crippen LogP contribution < -0.4 is 47.4 Å². The molecular formula is C105H162N14O26. The smallest absolute Gasteiger partial charge is 0.246 e. The number of para-hydroxylation sites is 1. The van der Waals surface area contributed by atoms with Crippen LogP contribution in [-0.4, -0.2) is 340 Å². The Balaban J connectivity index is 0.830. The monoisotopic (exact) mass is 2040 g/mol. The van der Waals surface area contributed by atoms with Crippen molar-refractivity contribution in [2.75, 3.05) is 126 Å². The molecule has 40 nitrogen and oxygen atoms in total. The highest BCUT2D eigenvalue weighted by molar-refractivity contribution is 5.98. The van der Waals surface area contributed by atoms with Crippen LogP contribution in [0, 0.1) is 52.9 Å². The number of carbonyl (C=O) groups excluding carboxylic acids is 11. The first-order chi connectivity index (χ1) is 69.4. The number of rotatable bonds is 59. The second kappa shape index (κ2) is 61.6. The SMILES string of the molecule is CC[C@H](C)[C@@H]([C@@H](CC(=O)N1CCC[C@H]1[C@H](OC)[C@@H](C)C(=O)N[C@H](C)[C@@H](O)c1ccccc1)OC)N(C)C(=O)[C@@H](NC(=O)[C@H](C(C)C)N(C)C(=O)[C@H](C)NC(=O)[C@@H](NC(=O)[C@@H](CCCCNC(=O)COC1CCCCC/C(N[C@@H]2C[C@@H](O)C([C@@H]3C[C@@H](O)[C@H](O)[C@@H](CO)O3)[C@@H](CO)O2)=C\1N=N)NC(=O)CCOCCOCCOCCOCCNC(=O)CCC(=O)N1Cc2ccccc2C#Cc2ccccc21)C(C)C)C(C)C. The van der Waals surface area contributed by atoms with E-state index in [0.29, 0.717) is 81.4 Å². The van der Waals surface area contributed by atoms with Crippen LogP contribution in [0.3, 0.4) is 0 Å². The Kier molecular flexibility index (Phi) is 51.1. The Hall–Kier alpha value is -10.1. The maximum atomic E-state index is 15.1. The predicted molar refractivity (Wildman–Crippen MR) is 537 cm³/mol. The molecule has 8 rings (SSSR count). The van der Waals surface area contributed by atoms with Crippen molar-refractivity contribution in [3.63, 3.8) is 0 Å². The van der Waals surface area contributed by atoms with Gasteiger partial charge >= 0.3 is 0 Å². The zero-order valence-corrected chi connectivity index (χ0v) is 87.2. The number of amides is 11. The fourth-order valence-electron chi connectivity index (χ4n) is 19.5. The number of likely N-dealkylation sites (tertiary alicyclic amines) is 1. The fraction of sp³-hybridized carbons (Fsp3) is 0.686. The van der Waals surface area contributed by atoms with Gasteiger partial charge in [0.2, 0.25) is 65.0 Å². The van der Waals surface area contributed by atoms with E-state index < -0.39 is 206 Å². The van der Waals surface area contributed by atoms with Crippen molar-refractivity contribution in [2.24, 2.45) is 40.6 Å². The second-order valence-electron chi connectivity index (χ2n) is 39.4. The van der Waals surface area contributed by atoms with Crippen molar-refractivity contribution in [3.8, 4) is 11.8 Å². The van der Waals surface area contributed by atoms with Gasteiger partial charge in [-0.2, -0.15) is 5.11 Å². The van der Waals surface area contributed by atoms with Crippen LogP contribution in [0.25, 0.3) is 0 Å². The minimum absolute atomic E-state index is 0.00198. The summed E-state index contributed by atoms with van der Waals surface area (Å²) in [4.78, 5) is 162. The van der Waals surface area contributed by atoms with Crippen molar-refractivity contribution in [2.45, 2.75) is 307 Å². The van der Waals surface area contributed by atoms with Crippen LogP contribution in [0.5, 0.6) is 0 Å². The molecule has 3 aromatic rings. The quantitative estimate of drug-likeness (QED) is 0.0208. The van der Waals surface area contributed by atoms with E-state index >= 15 is 4.79 Å². The average Bonchev–Trinajstić information content (AvgIpc) is 1.76. The number of allylic oxidation sites excluding steroid dienone is 1. The highest BCUT2D eigenvalue weighted by Gasteiger charge is 2.50. The van der Waals surface area contributed by atoms with Crippen molar-refractivity contribution in [1.82, 2.24) is 57.2 Å². The Morgan fingerprint density at radius 2 is 1.23 bits per heavy atom. The number of methoxy groups -OCH3 is 2. The molecule has 0 spiro atoms. The van der Waals surface area contributed by atoms with Crippen LogP contribution in [-0.2, 0) is 102 Å². The number of likely N-dealkylation sites (N-methyl/N-ethyl adjacent to an activating group) is 2. The number of hydrogen-bond acceptors (Lipinski definition) is 29. The number of nitrogens with zero attached hydrogens (tertiary/aromatic N) is 5. The topological polar surface area (TPSA) is 538 Å². The third-order valence-electron chi connectivity index (χ3n) is 27.8. The summed E-state index contributed by atoms with van der Waals surface area (Å²) < 4.78 is 53.2.